The monoisotopic (exact) mass is 293 g/mol. The highest BCUT2D eigenvalue weighted by Crippen LogP contribution is 2.39. The maximum Gasteiger partial charge on any atom is 0.177 e. The lowest BCUT2D eigenvalue weighted by Gasteiger charge is -2.30. The van der Waals surface area contributed by atoms with Gasteiger partial charge in [-0.1, -0.05) is 18.2 Å². The molecule has 4 nitrogen and oxygen atoms in total. The number of fused-ring (bicyclic) bond motifs is 2. The molecule has 0 amide bonds. The Hall–Kier alpha value is -2.75. The van der Waals surface area contributed by atoms with Crippen LogP contribution in [0.15, 0.2) is 48.7 Å². The third-order valence-electron chi connectivity index (χ3n) is 4.25. The van der Waals surface area contributed by atoms with Crippen molar-refractivity contribution >= 4 is 16.7 Å². The third-order valence-corrected chi connectivity index (χ3v) is 4.25. The number of H-pyrrole nitrogens is 1. The van der Waals surface area contributed by atoms with Crippen LogP contribution in [0.4, 0.5) is 0 Å². The van der Waals surface area contributed by atoms with Crippen LogP contribution >= 0.6 is 0 Å². The summed E-state index contributed by atoms with van der Waals surface area (Å²) in [7, 11) is 0. The maximum absolute atomic E-state index is 12.9. The Labute approximate surface area is 127 Å². The lowest BCUT2D eigenvalue weighted by molar-refractivity contribution is 0.0811. The second-order valence-corrected chi connectivity index (χ2v) is 5.63. The molecule has 0 bridgehead atoms. The number of ketones is 1. The van der Waals surface area contributed by atoms with Crippen molar-refractivity contribution in [2.24, 2.45) is 0 Å². The molecule has 4 rings (SSSR count). The van der Waals surface area contributed by atoms with Crippen molar-refractivity contribution in [2.75, 3.05) is 0 Å². The number of hydrogen-bond donors (Lipinski definition) is 2. The summed E-state index contributed by atoms with van der Waals surface area (Å²) in [5.74, 6) is 0.203. The molecule has 2 heterocycles. The molecule has 2 N–H and O–H groups in total. The van der Waals surface area contributed by atoms with Crippen molar-refractivity contribution in [3.63, 3.8) is 0 Å². The average Bonchev–Trinajstić information content (AvgIpc) is 2.92. The zero-order valence-electron chi connectivity index (χ0n) is 12.0. The first-order valence-corrected chi connectivity index (χ1v) is 7.25. The molecule has 22 heavy (non-hydrogen) atoms. The highest BCUT2D eigenvalue weighted by Gasteiger charge is 2.37. The van der Waals surface area contributed by atoms with E-state index in [1.165, 1.54) is 12.1 Å². The minimum atomic E-state index is -0.384. The summed E-state index contributed by atoms with van der Waals surface area (Å²) >= 11 is 0. The fourth-order valence-electron chi connectivity index (χ4n) is 3.21. The quantitative estimate of drug-likeness (QED) is 0.720. The van der Waals surface area contributed by atoms with Gasteiger partial charge < -0.3 is 14.8 Å². The summed E-state index contributed by atoms with van der Waals surface area (Å²) in [5, 5.41) is 10.7. The summed E-state index contributed by atoms with van der Waals surface area (Å²) in [6.45, 7) is 1.90. The number of rotatable bonds is 1. The summed E-state index contributed by atoms with van der Waals surface area (Å²) in [4.78, 5) is 16.1. The van der Waals surface area contributed by atoms with Gasteiger partial charge in [-0.25, -0.2) is 0 Å². The predicted octanol–water partition coefficient (Wildman–Crippen LogP) is 3.62. The van der Waals surface area contributed by atoms with E-state index in [2.05, 4.69) is 4.98 Å². The zero-order chi connectivity index (χ0) is 15.3. The van der Waals surface area contributed by atoms with Crippen LogP contribution in [0.25, 0.3) is 10.9 Å². The molecule has 1 aliphatic rings. The number of benzene rings is 2. The van der Waals surface area contributed by atoms with Gasteiger partial charge >= 0.3 is 0 Å². The van der Waals surface area contributed by atoms with E-state index >= 15 is 0 Å². The SMILES string of the molecule is CC1Oc2ccc(O)cc2C(=O)C1c1c[nH]c2ccccc12. The summed E-state index contributed by atoms with van der Waals surface area (Å²) < 4.78 is 5.90. The molecule has 0 fully saturated rings. The predicted molar refractivity (Wildman–Crippen MR) is 83.6 cm³/mol. The Morgan fingerprint density at radius 3 is 2.86 bits per heavy atom. The molecule has 0 spiro atoms. The standard InChI is InChI=1S/C18H15NO3/c1-10-17(14-9-19-15-5-3-2-4-12(14)15)18(21)13-8-11(20)6-7-16(13)22-10/h2-10,17,19-20H,1H3. The number of carbonyl (C=O) groups is 1. The lowest BCUT2D eigenvalue weighted by Crippen LogP contribution is -2.33. The van der Waals surface area contributed by atoms with E-state index < -0.39 is 0 Å². The van der Waals surface area contributed by atoms with E-state index in [1.807, 2.05) is 37.4 Å². The normalized spacial score (nSPS) is 20.7. The van der Waals surface area contributed by atoms with Gasteiger partial charge in [-0.15, -0.1) is 0 Å². The fourth-order valence-corrected chi connectivity index (χ4v) is 3.21. The Morgan fingerprint density at radius 2 is 2.00 bits per heavy atom. The minimum Gasteiger partial charge on any atom is -0.508 e. The van der Waals surface area contributed by atoms with Gasteiger partial charge in [-0.05, 0) is 36.8 Å². The number of hydrogen-bond acceptors (Lipinski definition) is 3. The topological polar surface area (TPSA) is 62.3 Å². The first-order chi connectivity index (χ1) is 10.6. The van der Waals surface area contributed by atoms with E-state index in [9.17, 15) is 9.90 Å². The van der Waals surface area contributed by atoms with Crippen molar-refractivity contribution in [3.05, 3.63) is 59.8 Å². The molecule has 3 aromatic rings. The first kappa shape index (κ1) is 13.0. The molecule has 1 aromatic heterocycles. The Bertz CT molecular complexity index is 881. The molecule has 1 aliphatic heterocycles. The summed E-state index contributed by atoms with van der Waals surface area (Å²) in [6.07, 6.45) is 1.62. The third kappa shape index (κ3) is 1.80. The van der Waals surface area contributed by atoms with Crippen molar-refractivity contribution in [1.29, 1.82) is 0 Å². The lowest BCUT2D eigenvalue weighted by atomic mass is 9.84. The second kappa shape index (κ2) is 4.63. The molecule has 110 valence electrons. The number of para-hydroxylation sites is 1. The summed E-state index contributed by atoms with van der Waals surface area (Å²) in [5.41, 5.74) is 2.37. The van der Waals surface area contributed by atoms with Crippen molar-refractivity contribution in [3.8, 4) is 11.5 Å². The maximum atomic E-state index is 12.9. The van der Waals surface area contributed by atoms with E-state index in [1.54, 1.807) is 6.07 Å². The van der Waals surface area contributed by atoms with Crippen molar-refractivity contribution in [1.82, 2.24) is 4.98 Å². The number of aromatic hydroxyl groups is 1. The Morgan fingerprint density at radius 1 is 1.18 bits per heavy atom. The number of aromatic amines is 1. The van der Waals surface area contributed by atoms with Crippen LogP contribution in [0, 0.1) is 0 Å². The molecular formula is C18H15NO3. The van der Waals surface area contributed by atoms with Gasteiger partial charge in [0.25, 0.3) is 0 Å². The van der Waals surface area contributed by atoms with E-state index in [0.29, 0.717) is 11.3 Å². The smallest absolute Gasteiger partial charge is 0.177 e. The molecule has 4 heteroatoms. The molecule has 2 atom stereocenters. The van der Waals surface area contributed by atoms with Crippen LogP contribution in [0.2, 0.25) is 0 Å². The molecular weight excluding hydrogens is 278 g/mol. The first-order valence-electron chi connectivity index (χ1n) is 7.25. The van der Waals surface area contributed by atoms with Crippen molar-refractivity contribution < 1.29 is 14.6 Å². The van der Waals surface area contributed by atoms with Gasteiger partial charge in [0.1, 0.15) is 17.6 Å². The van der Waals surface area contributed by atoms with E-state index in [4.69, 9.17) is 4.74 Å². The number of Topliss-reactive ketones (excluding diaryl/α,β-unsaturated/α-hetero) is 1. The number of phenolic OH excluding ortho intramolecular Hbond substituents is 1. The zero-order valence-corrected chi connectivity index (χ0v) is 12.0. The van der Waals surface area contributed by atoms with Crippen molar-refractivity contribution in [2.45, 2.75) is 18.9 Å². The van der Waals surface area contributed by atoms with Crippen LogP contribution in [-0.2, 0) is 0 Å². The van der Waals surface area contributed by atoms with Gasteiger partial charge in [-0.3, -0.25) is 4.79 Å². The fraction of sp³-hybridized carbons (Fsp3) is 0.167. The molecule has 0 saturated heterocycles. The largest absolute Gasteiger partial charge is 0.508 e. The molecule has 0 aliphatic carbocycles. The van der Waals surface area contributed by atoms with Crippen LogP contribution in [0.5, 0.6) is 11.5 Å². The molecule has 2 unspecified atom stereocenters. The van der Waals surface area contributed by atoms with Crippen LogP contribution in [0.1, 0.15) is 28.8 Å². The van der Waals surface area contributed by atoms with Gasteiger partial charge in [0.2, 0.25) is 0 Å². The molecule has 0 radical (unpaired) electrons. The number of aromatic nitrogens is 1. The number of carbonyl (C=O) groups excluding carboxylic acids is 1. The van der Waals surface area contributed by atoms with Gasteiger partial charge in [0, 0.05) is 17.1 Å². The van der Waals surface area contributed by atoms with Gasteiger partial charge in [0.15, 0.2) is 5.78 Å². The number of ether oxygens (including phenoxy) is 1. The van der Waals surface area contributed by atoms with Gasteiger partial charge in [-0.2, -0.15) is 0 Å². The number of phenols is 1. The second-order valence-electron chi connectivity index (χ2n) is 5.63. The highest BCUT2D eigenvalue weighted by atomic mass is 16.5. The Kier molecular flexibility index (Phi) is 2.73. The average molecular weight is 293 g/mol. The van der Waals surface area contributed by atoms with E-state index in [-0.39, 0.29) is 23.6 Å². The van der Waals surface area contributed by atoms with Crippen LogP contribution in [0.3, 0.4) is 0 Å². The van der Waals surface area contributed by atoms with Crippen LogP contribution < -0.4 is 4.74 Å². The minimum absolute atomic E-state index is 0.0191. The highest BCUT2D eigenvalue weighted by molar-refractivity contribution is 6.06. The van der Waals surface area contributed by atoms with E-state index in [0.717, 1.165) is 16.5 Å². The Balaban J connectivity index is 1.87. The van der Waals surface area contributed by atoms with Gasteiger partial charge in [0.05, 0.1) is 11.5 Å². The number of nitrogens with one attached hydrogen (secondary N) is 1. The van der Waals surface area contributed by atoms with Crippen LogP contribution in [-0.4, -0.2) is 22.0 Å². The molecule has 0 saturated carbocycles. The summed E-state index contributed by atoms with van der Waals surface area (Å²) in [6, 6.07) is 12.5. The molecule has 2 aromatic carbocycles.